The molecule has 0 unspecified atom stereocenters. The van der Waals surface area contributed by atoms with Crippen LogP contribution in [0.4, 0.5) is 0 Å². The van der Waals surface area contributed by atoms with Crippen LogP contribution in [-0.4, -0.2) is 44.6 Å². The second-order valence-electron chi connectivity index (χ2n) is 5.02. The number of nitrogens with zero attached hydrogens (tertiary/aromatic N) is 1. The number of Topliss-reactive ketones (excluding diaryl/α,β-unsaturated/α-hetero) is 1. The second kappa shape index (κ2) is 8.52. The summed E-state index contributed by atoms with van der Waals surface area (Å²) < 4.78 is 29.3. The van der Waals surface area contributed by atoms with Crippen molar-refractivity contribution >= 4 is 44.7 Å². The van der Waals surface area contributed by atoms with Gasteiger partial charge >= 0.3 is 5.97 Å². The first-order chi connectivity index (χ1) is 11.8. The minimum Gasteiger partial charge on any atom is -0.454 e. The van der Waals surface area contributed by atoms with Crippen molar-refractivity contribution in [3.63, 3.8) is 0 Å². The minimum atomic E-state index is -3.24. The van der Waals surface area contributed by atoms with Gasteiger partial charge in [0.1, 0.15) is 5.15 Å². The van der Waals surface area contributed by atoms with E-state index in [2.05, 4.69) is 9.71 Å². The van der Waals surface area contributed by atoms with Crippen LogP contribution in [0.1, 0.15) is 24.9 Å². The normalized spacial score (nSPS) is 11.3. The number of thiophene rings is 1. The van der Waals surface area contributed by atoms with Crippen molar-refractivity contribution in [2.24, 2.45) is 0 Å². The Morgan fingerprint density at radius 2 is 2.08 bits per heavy atom. The van der Waals surface area contributed by atoms with Crippen LogP contribution in [0.5, 0.6) is 0 Å². The molecule has 2 aromatic heterocycles. The zero-order valence-electron chi connectivity index (χ0n) is 13.2. The number of sulfonamides is 1. The highest BCUT2D eigenvalue weighted by atomic mass is 35.5. The average Bonchev–Trinajstić information content (AvgIpc) is 3.00. The number of rotatable bonds is 8. The smallest absolute Gasteiger partial charge is 0.341 e. The molecule has 0 spiro atoms. The average molecular weight is 403 g/mol. The van der Waals surface area contributed by atoms with Crippen molar-refractivity contribution < 1.29 is 22.7 Å². The monoisotopic (exact) mass is 402 g/mol. The van der Waals surface area contributed by atoms with Crippen molar-refractivity contribution in [3.05, 3.63) is 50.9 Å². The number of hydrogen-bond acceptors (Lipinski definition) is 7. The lowest BCUT2D eigenvalue weighted by Crippen LogP contribution is -2.24. The van der Waals surface area contributed by atoms with E-state index in [1.165, 1.54) is 23.6 Å². The van der Waals surface area contributed by atoms with Crippen molar-refractivity contribution in [3.8, 4) is 0 Å². The van der Waals surface area contributed by atoms with E-state index in [0.717, 1.165) is 11.1 Å². The van der Waals surface area contributed by atoms with Gasteiger partial charge in [0.2, 0.25) is 15.8 Å². The van der Waals surface area contributed by atoms with Crippen molar-refractivity contribution in [1.82, 2.24) is 9.71 Å². The first kappa shape index (κ1) is 19.5. The lowest BCUT2D eigenvalue weighted by molar-refractivity contribution is 0.0475. The highest BCUT2D eigenvalue weighted by Crippen LogP contribution is 2.18. The first-order valence-corrected chi connectivity index (χ1v) is 10.2. The molecule has 2 aromatic rings. The number of carbonyl (C=O) groups excluding carboxylic acids is 2. The maximum atomic E-state index is 12.1. The Labute approximate surface area is 154 Å². The van der Waals surface area contributed by atoms with Crippen LogP contribution in [0, 0.1) is 0 Å². The summed E-state index contributed by atoms with van der Waals surface area (Å²) in [6.07, 6.45) is 2.99. The third-order valence-electron chi connectivity index (χ3n) is 2.99. The molecule has 0 radical (unpaired) electrons. The molecule has 2 rings (SSSR count). The van der Waals surface area contributed by atoms with E-state index in [1.54, 1.807) is 18.2 Å². The van der Waals surface area contributed by atoms with E-state index < -0.39 is 22.6 Å². The largest absolute Gasteiger partial charge is 0.454 e. The molecule has 0 aliphatic heterocycles. The highest BCUT2D eigenvalue weighted by molar-refractivity contribution is 7.88. The molecule has 0 aliphatic rings. The number of ketones is 1. The molecule has 134 valence electrons. The molecule has 0 bridgehead atoms. The molecular weight excluding hydrogens is 388 g/mol. The number of ether oxygens (including phenoxy) is 1. The van der Waals surface area contributed by atoms with Crippen LogP contribution in [0.3, 0.4) is 0 Å². The zero-order chi connectivity index (χ0) is 18.4. The van der Waals surface area contributed by atoms with Gasteiger partial charge in [-0.1, -0.05) is 11.6 Å². The molecule has 25 heavy (non-hydrogen) atoms. The zero-order valence-corrected chi connectivity index (χ0v) is 15.6. The topological polar surface area (TPSA) is 102 Å². The van der Waals surface area contributed by atoms with Crippen molar-refractivity contribution in [1.29, 1.82) is 0 Å². The van der Waals surface area contributed by atoms with E-state index in [9.17, 15) is 18.0 Å². The van der Waals surface area contributed by atoms with Gasteiger partial charge in [0.25, 0.3) is 0 Å². The quantitative estimate of drug-likeness (QED) is 0.411. The summed E-state index contributed by atoms with van der Waals surface area (Å²) in [5, 5.41) is 0.0109. The van der Waals surface area contributed by atoms with Crippen LogP contribution in [-0.2, 0) is 21.2 Å². The Balaban J connectivity index is 1.87. The van der Waals surface area contributed by atoms with Gasteiger partial charge in [-0.05, 0) is 30.7 Å². The SMILES string of the molecule is CS(=O)(=O)NCCc1ccc(C(=O)COC(=O)c2cccnc2Cl)s1. The highest BCUT2D eigenvalue weighted by Gasteiger charge is 2.16. The van der Waals surface area contributed by atoms with E-state index >= 15 is 0 Å². The number of pyridine rings is 1. The number of halogens is 1. The molecule has 2 heterocycles. The summed E-state index contributed by atoms with van der Waals surface area (Å²) in [7, 11) is -3.24. The van der Waals surface area contributed by atoms with Gasteiger partial charge < -0.3 is 4.74 Å². The van der Waals surface area contributed by atoms with Crippen molar-refractivity contribution in [2.75, 3.05) is 19.4 Å². The summed E-state index contributed by atoms with van der Waals surface area (Å²) in [4.78, 5) is 29.0. The van der Waals surface area contributed by atoms with Gasteiger partial charge in [0, 0.05) is 17.6 Å². The lowest BCUT2D eigenvalue weighted by Gasteiger charge is -2.04. The summed E-state index contributed by atoms with van der Waals surface area (Å²) in [6.45, 7) is -0.160. The number of hydrogen-bond donors (Lipinski definition) is 1. The molecule has 0 saturated carbocycles. The van der Waals surface area contributed by atoms with Crippen LogP contribution in [0.2, 0.25) is 5.15 Å². The predicted octanol–water partition coefficient (Wildman–Crippen LogP) is 1.93. The summed E-state index contributed by atoms with van der Waals surface area (Å²) in [5.74, 6) is -1.07. The molecule has 0 fully saturated rings. The molecule has 7 nitrogen and oxygen atoms in total. The number of carbonyl (C=O) groups is 2. The first-order valence-electron chi connectivity index (χ1n) is 7.10. The Bertz CT molecular complexity index is 880. The summed E-state index contributed by atoms with van der Waals surface area (Å²) in [6, 6.07) is 6.36. The number of esters is 1. The summed E-state index contributed by atoms with van der Waals surface area (Å²) in [5.41, 5.74) is 0.0932. The van der Waals surface area contributed by atoms with Crippen LogP contribution >= 0.6 is 22.9 Å². The predicted molar refractivity (Wildman–Crippen MR) is 94.7 cm³/mol. The third-order valence-corrected chi connectivity index (χ3v) is 5.20. The molecule has 0 atom stereocenters. The van der Waals surface area contributed by atoms with Gasteiger partial charge in [0.15, 0.2) is 6.61 Å². The fraction of sp³-hybridized carbons (Fsp3) is 0.267. The Hall–Kier alpha value is -1.81. The lowest BCUT2D eigenvalue weighted by atomic mass is 10.3. The molecule has 10 heteroatoms. The molecule has 0 aromatic carbocycles. The third kappa shape index (κ3) is 6.20. The Morgan fingerprint density at radius 3 is 2.76 bits per heavy atom. The fourth-order valence-electron chi connectivity index (χ4n) is 1.84. The summed E-state index contributed by atoms with van der Waals surface area (Å²) >= 11 is 7.02. The number of aromatic nitrogens is 1. The second-order valence-corrected chi connectivity index (χ2v) is 8.38. The minimum absolute atomic E-state index is 0.0109. The molecule has 0 amide bonds. The maximum absolute atomic E-state index is 12.1. The Kier molecular flexibility index (Phi) is 6.65. The maximum Gasteiger partial charge on any atom is 0.341 e. The molecule has 0 saturated heterocycles. The van der Waals surface area contributed by atoms with Gasteiger partial charge in [-0.15, -0.1) is 11.3 Å². The molecule has 0 aliphatic carbocycles. The van der Waals surface area contributed by atoms with E-state index in [1.807, 2.05) is 0 Å². The van der Waals surface area contributed by atoms with E-state index in [-0.39, 0.29) is 23.0 Å². The van der Waals surface area contributed by atoms with E-state index in [4.69, 9.17) is 16.3 Å². The Morgan fingerprint density at radius 1 is 1.32 bits per heavy atom. The molecular formula is C15H15ClN2O5S2. The van der Waals surface area contributed by atoms with Gasteiger partial charge in [-0.3, -0.25) is 4.79 Å². The van der Waals surface area contributed by atoms with Gasteiger partial charge in [-0.25, -0.2) is 22.9 Å². The van der Waals surface area contributed by atoms with Gasteiger partial charge in [-0.2, -0.15) is 0 Å². The number of nitrogens with one attached hydrogen (secondary N) is 1. The van der Waals surface area contributed by atoms with Crippen LogP contribution in [0.15, 0.2) is 30.5 Å². The van der Waals surface area contributed by atoms with Crippen LogP contribution < -0.4 is 4.72 Å². The fourth-order valence-corrected chi connectivity index (χ4v) is 3.44. The van der Waals surface area contributed by atoms with Gasteiger partial charge in [0.05, 0.1) is 16.7 Å². The van der Waals surface area contributed by atoms with Crippen LogP contribution in [0.25, 0.3) is 0 Å². The standard InChI is InChI=1S/C15H15ClN2O5S2/c1-25(21,22)18-8-6-10-4-5-13(24-10)12(19)9-23-15(20)11-3-2-7-17-14(11)16/h2-5,7,18H,6,8-9H2,1H3. The van der Waals surface area contributed by atoms with Crippen molar-refractivity contribution in [2.45, 2.75) is 6.42 Å². The van der Waals surface area contributed by atoms with E-state index in [0.29, 0.717) is 11.3 Å². The molecule has 1 N–H and O–H groups in total.